The minimum atomic E-state index is -0.401. The molecule has 3 aromatic rings. The van der Waals surface area contributed by atoms with Crippen LogP contribution in [-0.2, 0) is 16.1 Å². The van der Waals surface area contributed by atoms with Crippen molar-refractivity contribution in [1.82, 2.24) is 10.3 Å². The van der Waals surface area contributed by atoms with E-state index in [2.05, 4.69) is 10.3 Å². The van der Waals surface area contributed by atoms with Gasteiger partial charge in [0.25, 0.3) is 0 Å². The van der Waals surface area contributed by atoms with Gasteiger partial charge in [0.05, 0.1) is 17.5 Å². The molecule has 1 atom stereocenters. The third kappa shape index (κ3) is 3.95. The minimum Gasteiger partial charge on any atom is -0.458 e. The number of hydrogen-bond acceptors (Lipinski definition) is 5. The van der Waals surface area contributed by atoms with Crippen molar-refractivity contribution < 1.29 is 14.0 Å². The number of halogens is 1. The summed E-state index contributed by atoms with van der Waals surface area (Å²) in [6.07, 6.45) is 0.180. The molecule has 0 radical (unpaired) electrons. The number of benzene rings is 1. The van der Waals surface area contributed by atoms with Gasteiger partial charge in [-0.2, -0.15) is 0 Å². The summed E-state index contributed by atoms with van der Waals surface area (Å²) in [7, 11) is 0. The Labute approximate surface area is 171 Å². The van der Waals surface area contributed by atoms with Crippen LogP contribution < -0.4 is 10.2 Å². The molecule has 0 bridgehead atoms. The highest BCUT2D eigenvalue weighted by atomic mass is 35.5. The van der Waals surface area contributed by atoms with E-state index in [1.807, 2.05) is 30.5 Å². The molecule has 0 saturated carbocycles. The molecule has 8 heteroatoms. The number of aromatic nitrogens is 1. The van der Waals surface area contributed by atoms with Gasteiger partial charge >= 0.3 is 0 Å². The Morgan fingerprint density at radius 1 is 1.39 bits per heavy atom. The number of furan rings is 1. The van der Waals surface area contributed by atoms with Gasteiger partial charge in [-0.1, -0.05) is 17.7 Å². The van der Waals surface area contributed by atoms with Gasteiger partial charge < -0.3 is 14.6 Å². The number of aryl methyl sites for hydroxylation is 1. The molecule has 4 rings (SSSR count). The van der Waals surface area contributed by atoms with Crippen LogP contribution in [0.1, 0.15) is 17.2 Å². The number of amides is 2. The number of rotatable bonds is 5. The molecular weight excluding hydrogens is 398 g/mol. The lowest BCUT2D eigenvalue weighted by molar-refractivity contribution is -0.126. The molecule has 1 fully saturated rings. The van der Waals surface area contributed by atoms with Gasteiger partial charge in [0.1, 0.15) is 11.5 Å². The first-order valence-corrected chi connectivity index (χ1v) is 10.1. The quantitative estimate of drug-likeness (QED) is 0.682. The summed E-state index contributed by atoms with van der Waals surface area (Å²) in [6, 6.07) is 10.7. The van der Waals surface area contributed by atoms with Crippen LogP contribution in [0, 0.1) is 12.8 Å². The molecule has 0 spiro atoms. The third-order valence-corrected chi connectivity index (χ3v) is 5.59. The zero-order valence-corrected chi connectivity index (χ0v) is 16.7. The maximum Gasteiger partial charge on any atom is 0.227 e. The molecule has 28 heavy (non-hydrogen) atoms. The molecule has 2 amide bonds. The van der Waals surface area contributed by atoms with Crippen molar-refractivity contribution in [2.75, 3.05) is 11.4 Å². The van der Waals surface area contributed by atoms with Crippen molar-refractivity contribution in [1.29, 1.82) is 0 Å². The molecule has 1 aliphatic heterocycles. The fraction of sp³-hybridized carbons (Fsp3) is 0.250. The van der Waals surface area contributed by atoms with E-state index in [9.17, 15) is 9.59 Å². The maximum atomic E-state index is 12.5. The molecule has 1 aromatic carbocycles. The van der Waals surface area contributed by atoms with Crippen molar-refractivity contribution in [2.24, 2.45) is 5.92 Å². The van der Waals surface area contributed by atoms with Crippen molar-refractivity contribution in [3.63, 3.8) is 0 Å². The Morgan fingerprint density at radius 3 is 3.00 bits per heavy atom. The van der Waals surface area contributed by atoms with Crippen LogP contribution in [0.5, 0.6) is 0 Å². The summed E-state index contributed by atoms with van der Waals surface area (Å²) < 4.78 is 5.76. The lowest BCUT2D eigenvalue weighted by atomic mass is 10.1. The molecule has 1 aliphatic rings. The second-order valence-corrected chi connectivity index (χ2v) is 8.12. The lowest BCUT2D eigenvalue weighted by Gasteiger charge is -2.16. The Morgan fingerprint density at radius 2 is 2.25 bits per heavy atom. The first-order chi connectivity index (χ1) is 13.5. The Bertz CT molecular complexity index is 1030. The molecule has 1 saturated heterocycles. The van der Waals surface area contributed by atoms with Crippen LogP contribution in [0.3, 0.4) is 0 Å². The van der Waals surface area contributed by atoms with E-state index < -0.39 is 5.92 Å². The summed E-state index contributed by atoms with van der Waals surface area (Å²) in [5.41, 5.74) is 1.50. The summed E-state index contributed by atoms with van der Waals surface area (Å²) in [6.45, 7) is 2.55. The highest BCUT2D eigenvalue weighted by Gasteiger charge is 2.35. The van der Waals surface area contributed by atoms with Gasteiger partial charge in [-0.3, -0.25) is 9.59 Å². The molecule has 6 nitrogen and oxygen atoms in total. The van der Waals surface area contributed by atoms with E-state index in [0.29, 0.717) is 28.8 Å². The van der Waals surface area contributed by atoms with Crippen LogP contribution >= 0.6 is 22.9 Å². The average Bonchev–Trinajstić information content (AvgIpc) is 3.39. The van der Waals surface area contributed by atoms with Gasteiger partial charge in [0.15, 0.2) is 5.76 Å². The summed E-state index contributed by atoms with van der Waals surface area (Å²) >= 11 is 7.56. The smallest absolute Gasteiger partial charge is 0.227 e. The second-order valence-electron chi connectivity index (χ2n) is 6.62. The highest BCUT2D eigenvalue weighted by Crippen LogP contribution is 2.27. The number of nitrogens with one attached hydrogen (secondary N) is 1. The standard InChI is InChI=1S/C20H18ClN3O3S/c1-12-23-17(11-28-12)18-6-5-16(27-18)9-22-20(26)13-7-19(25)24(10-13)15-4-2-3-14(21)8-15/h2-6,8,11,13H,7,9-10H2,1H3,(H,22,26)/t13-/m1/s1. The van der Waals surface area contributed by atoms with Crippen LogP contribution in [0.15, 0.2) is 46.2 Å². The van der Waals surface area contributed by atoms with Crippen molar-refractivity contribution in [3.8, 4) is 11.5 Å². The highest BCUT2D eigenvalue weighted by molar-refractivity contribution is 7.09. The number of carbonyl (C=O) groups excluding carboxylic acids is 2. The zero-order valence-electron chi connectivity index (χ0n) is 15.1. The van der Waals surface area contributed by atoms with Gasteiger partial charge in [0.2, 0.25) is 11.8 Å². The molecule has 144 valence electrons. The predicted octanol–water partition coefficient (Wildman–Crippen LogP) is 4.03. The van der Waals surface area contributed by atoms with Gasteiger partial charge in [-0.25, -0.2) is 4.98 Å². The second kappa shape index (κ2) is 7.77. The normalized spacial score (nSPS) is 16.6. The maximum absolute atomic E-state index is 12.5. The number of hydrogen-bond donors (Lipinski definition) is 1. The average molecular weight is 416 g/mol. The first kappa shape index (κ1) is 18.7. The zero-order chi connectivity index (χ0) is 19.7. The fourth-order valence-electron chi connectivity index (χ4n) is 3.18. The number of thiazole rings is 1. The van der Waals surface area contributed by atoms with Gasteiger partial charge in [0, 0.05) is 29.1 Å². The SMILES string of the molecule is Cc1nc(-c2ccc(CNC(=O)[C@@H]3CC(=O)N(c4cccc(Cl)c4)C3)o2)cs1. The van der Waals surface area contributed by atoms with Crippen LogP contribution in [0.2, 0.25) is 5.02 Å². The Balaban J connectivity index is 1.36. The summed E-state index contributed by atoms with van der Waals surface area (Å²) in [5, 5.41) is 6.32. The first-order valence-electron chi connectivity index (χ1n) is 8.84. The van der Waals surface area contributed by atoms with Crippen molar-refractivity contribution in [2.45, 2.75) is 19.9 Å². The van der Waals surface area contributed by atoms with Crippen LogP contribution in [0.25, 0.3) is 11.5 Å². The summed E-state index contributed by atoms with van der Waals surface area (Å²) in [4.78, 5) is 30.8. The van der Waals surface area contributed by atoms with Crippen molar-refractivity contribution in [3.05, 3.63) is 57.6 Å². The largest absolute Gasteiger partial charge is 0.458 e. The Kier molecular flexibility index (Phi) is 5.19. The van der Waals surface area contributed by atoms with Crippen molar-refractivity contribution >= 4 is 40.4 Å². The predicted molar refractivity (Wildman–Crippen MR) is 108 cm³/mol. The van der Waals surface area contributed by atoms with Crippen LogP contribution in [-0.4, -0.2) is 23.3 Å². The third-order valence-electron chi connectivity index (χ3n) is 4.59. The van der Waals surface area contributed by atoms with E-state index in [-0.39, 0.29) is 24.8 Å². The number of nitrogens with zero attached hydrogens (tertiary/aromatic N) is 2. The fourth-order valence-corrected chi connectivity index (χ4v) is 3.97. The van der Waals surface area contributed by atoms with E-state index >= 15 is 0 Å². The molecular formula is C20H18ClN3O3S. The van der Waals surface area contributed by atoms with E-state index in [0.717, 1.165) is 10.7 Å². The van der Waals surface area contributed by atoms with Crippen LogP contribution in [0.4, 0.5) is 5.69 Å². The number of anilines is 1. The van der Waals surface area contributed by atoms with E-state index in [1.54, 1.807) is 34.4 Å². The monoisotopic (exact) mass is 415 g/mol. The minimum absolute atomic E-state index is 0.0818. The topological polar surface area (TPSA) is 75.4 Å². The number of carbonyl (C=O) groups is 2. The van der Waals surface area contributed by atoms with E-state index in [4.69, 9.17) is 16.0 Å². The molecule has 2 aromatic heterocycles. The molecule has 0 aliphatic carbocycles. The molecule has 3 heterocycles. The molecule has 1 N–H and O–H groups in total. The Hall–Kier alpha value is -2.64. The molecule has 0 unspecified atom stereocenters. The lowest BCUT2D eigenvalue weighted by Crippen LogP contribution is -2.32. The summed E-state index contributed by atoms with van der Waals surface area (Å²) in [5.74, 6) is 0.672. The van der Waals surface area contributed by atoms with Gasteiger partial charge in [-0.15, -0.1) is 11.3 Å². The van der Waals surface area contributed by atoms with Gasteiger partial charge in [-0.05, 0) is 37.3 Å². The van der Waals surface area contributed by atoms with E-state index in [1.165, 1.54) is 0 Å².